The molecule has 0 aliphatic carbocycles. The molecule has 2 aromatic heterocycles. The minimum absolute atomic E-state index is 0.450. The lowest BCUT2D eigenvalue weighted by molar-refractivity contribution is -0.0819. The van der Waals surface area contributed by atoms with Crippen molar-refractivity contribution in [3.05, 3.63) is 71.7 Å². The van der Waals surface area contributed by atoms with Crippen LogP contribution in [0.5, 0.6) is 5.75 Å². The van der Waals surface area contributed by atoms with Crippen molar-refractivity contribution in [2.75, 3.05) is 19.7 Å². The minimum atomic E-state index is -0.904. The van der Waals surface area contributed by atoms with E-state index in [1.165, 1.54) is 4.70 Å². The van der Waals surface area contributed by atoms with Gasteiger partial charge in [0, 0.05) is 46.7 Å². The summed E-state index contributed by atoms with van der Waals surface area (Å²) in [6.07, 6.45) is 2.86. The lowest BCUT2D eigenvalue weighted by Crippen LogP contribution is -2.47. The molecule has 3 heterocycles. The first kappa shape index (κ1) is 20.4. The Bertz CT molecular complexity index is 1180. The number of para-hydroxylation sites is 1. The molecule has 2 aromatic carbocycles. The van der Waals surface area contributed by atoms with Gasteiger partial charge in [-0.25, -0.2) is 0 Å². The van der Waals surface area contributed by atoms with Gasteiger partial charge in [-0.2, -0.15) is 0 Å². The van der Waals surface area contributed by atoms with Crippen LogP contribution in [-0.4, -0.2) is 46.0 Å². The number of benzene rings is 2. The fourth-order valence-electron chi connectivity index (χ4n) is 4.36. The van der Waals surface area contributed by atoms with Gasteiger partial charge < -0.3 is 14.9 Å². The van der Waals surface area contributed by atoms with Crippen LogP contribution in [0.15, 0.2) is 66.2 Å². The van der Waals surface area contributed by atoms with E-state index in [1.54, 1.807) is 17.5 Å². The van der Waals surface area contributed by atoms with Crippen molar-refractivity contribution >= 4 is 32.3 Å². The normalized spacial score (nSPS) is 17.7. The Morgan fingerprint density at radius 3 is 2.81 bits per heavy atom. The molecule has 160 valence electrons. The predicted molar refractivity (Wildman–Crippen MR) is 124 cm³/mol. The first-order valence-electron chi connectivity index (χ1n) is 10.7. The summed E-state index contributed by atoms with van der Waals surface area (Å²) in [4.78, 5) is 6.53. The van der Waals surface area contributed by atoms with E-state index in [1.807, 2.05) is 47.4 Å². The van der Waals surface area contributed by atoms with Crippen LogP contribution in [0, 0.1) is 0 Å². The number of thiophene rings is 1. The monoisotopic (exact) mass is 434 g/mol. The number of fused-ring (bicyclic) bond motifs is 2. The zero-order chi connectivity index (χ0) is 21.3. The number of aromatic nitrogens is 1. The zero-order valence-corrected chi connectivity index (χ0v) is 18.1. The maximum Gasteiger partial charge on any atom is 0.127 e. The fraction of sp³-hybridized carbons (Fsp3) is 0.320. The standard InChI is InChI=1S/C25H26N2O3S/c28-24(8-14-30-22-6-3-7-23-20(22)9-15-31-23)27-12-10-25(29,11-13-27)19-16-18-4-1-2-5-21(18)26-17-19/h1-7,9,15-17,24,28-29H,8,10-14H2. The largest absolute Gasteiger partial charge is 0.493 e. The summed E-state index contributed by atoms with van der Waals surface area (Å²) >= 11 is 1.70. The number of aliphatic hydroxyl groups excluding tert-OH is 1. The van der Waals surface area contributed by atoms with Crippen LogP contribution in [0.4, 0.5) is 0 Å². The molecule has 1 aliphatic heterocycles. The number of aliphatic hydroxyl groups is 2. The Morgan fingerprint density at radius 1 is 1.10 bits per heavy atom. The molecule has 1 saturated heterocycles. The van der Waals surface area contributed by atoms with Crippen molar-refractivity contribution < 1.29 is 14.9 Å². The van der Waals surface area contributed by atoms with E-state index in [-0.39, 0.29) is 0 Å². The highest BCUT2D eigenvalue weighted by molar-refractivity contribution is 7.17. The van der Waals surface area contributed by atoms with E-state index in [4.69, 9.17) is 4.74 Å². The molecule has 0 bridgehead atoms. The number of hydrogen-bond donors (Lipinski definition) is 2. The molecule has 0 spiro atoms. The van der Waals surface area contributed by atoms with Crippen LogP contribution in [-0.2, 0) is 5.60 Å². The second-order valence-electron chi connectivity index (χ2n) is 8.19. The SMILES string of the molecule is OC(CCOc1cccc2sccc12)N1CCC(O)(c2cnc3ccccc3c2)CC1. The molecule has 1 unspecified atom stereocenters. The van der Waals surface area contributed by atoms with Crippen molar-refractivity contribution in [1.82, 2.24) is 9.88 Å². The van der Waals surface area contributed by atoms with Crippen LogP contribution < -0.4 is 4.74 Å². The van der Waals surface area contributed by atoms with Gasteiger partial charge in [-0.15, -0.1) is 11.3 Å². The van der Waals surface area contributed by atoms with E-state index in [0.29, 0.717) is 39.0 Å². The molecule has 1 aliphatic rings. The number of pyridine rings is 1. The number of nitrogens with zero attached hydrogens (tertiary/aromatic N) is 2. The van der Waals surface area contributed by atoms with Crippen molar-refractivity contribution in [2.45, 2.75) is 31.1 Å². The molecule has 0 radical (unpaired) electrons. The van der Waals surface area contributed by atoms with E-state index < -0.39 is 11.8 Å². The van der Waals surface area contributed by atoms with Gasteiger partial charge in [0.15, 0.2) is 0 Å². The summed E-state index contributed by atoms with van der Waals surface area (Å²) in [7, 11) is 0. The second kappa shape index (κ2) is 8.55. The fourth-order valence-corrected chi connectivity index (χ4v) is 5.16. The van der Waals surface area contributed by atoms with Crippen molar-refractivity contribution in [1.29, 1.82) is 0 Å². The van der Waals surface area contributed by atoms with Crippen LogP contribution >= 0.6 is 11.3 Å². The third-order valence-electron chi connectivity index (χ3n) is 6.26. The van der Waals surface area contributed by atoms with E-state index in [9.17, 15) is 10.2 Å². The molecule has 0 saturated carbocycles. The van der Waals surface area contributed by atoms with Crippen molar-refractivity contribution in [3.63, 3.8) is 0 Å². The Hall–Kier alpha value is -2.51. The first-order chi connectivity index (χ1) is 15.1. The second-order valence-corrected chi connectivity index (χ2v) is 9.14. The lowest BCUT2D eigenvalue weighted by atomic mass is 9.84. The first-order valence-corrected chi connectivity index (χ1v) is 11.6. The van der Waals surface area contributed by atoms with Gasteiger partial charge >= 0.3 is 0 Å². The molecule has 4 aromatic rings. The van der Waals surface area contributed by atoms with Crippen LogP contribution in [0.25, 0.3) is 21.0 Å². The summed E-state index contributed by atoms with van der Waals surface area (Å²) in [6.45, 7) is 1.71. The topological polar surface area (TPSA) is 65.8 Å². The van der Waals surface area contributed by atoms with Gasteiger partial charge in [-0.3, -0.25) is 9.88 Å². The summed E-state index contributed by atoms with van der Waals surface area (Å²) < 4.78 is 7.16. The van der Waals surface area contributed by atoms with E-state index in [0.717, 1.165) is 27.6 Å². The number of rotatable bonds is 6. The van der Waals surface area contributed by atoms with Gasteiger partial charge in [-0.05, 0) is 48.6 Å². The van der Waals surface area contributed by atoms with Gasteiger partial charge in [0.25, 0.3) is 0 Å². The Kier molecular flexibility index (Phi) is 5.63. The van der Waals surface area contributed by atoms with Gasteiger partial charge in [-0.1, -0.05) is 24.3 Å². The molecule has 1 fully saturated rings. The highest BCUT2D eigenvalue weighted by Gasteiger charge is 2.36. The Labute approximate surface area is 185 Å². The molecule has 2 N–H and O–H groups in total. The maximum atomic E-state index is 11.2. The molecule has 5 nitrogen and oxygen atoms in total. The summed E-state index contributed by atoms with van der Waals surface area (Å²) in [5, 5.41) is 26.1. The highest BCUT2D eigenvalue weighted by Crippen LogP contribution is 2.34. The summed E-state index contributed by atoms with van der Waals surface area (Å²) in [5.74, 6) is 0.864. The van der Waals surface area contributed by atoms with E-state index in [2.05, 4.69) is 22.5 Å². The summed E-state index contributed by atoms with van der Waals surface area (Å²) in [6, 6.07) is 18.1. The van der Waals surface area contributed by atoms with Crippen LogP contribution in [0.2, 0.25) is 0 Å². The minimum Gasteiger partial charge on any atom is -0.493 e. The number of piperidine rings is 1. The third kappa shape index (κ3) is 4.16. The van der Waals surface area contributed by atoms with E-state index >= 15 is 0 Å². The van der Waals surface area contributed by atoms with Gasteiger partial charge in [0.05, 0.1) is 17.7 Å². The predicted octanol–water partition coefficient (Wildman–Crippen LogP) is 4.52. The van der Waals surface area contributed by atoms with Crippen LogP contribution in [0.1, 0.15) is 24.8 Å². The van der Waals surface area contributed by atoms with Gasteiger partial charge in [0.1, 0.15) is 12.0 Å². The zero-order valence-electron chi connectivity index (χ0n) is 17.3. The summed E-state index contributed by atoms with van der Waals surface area (Å²) in [5.41, 5.74) is 0.881. The average Bonchev–Trinajstić information content (AvgIpc) is 3.29. The third-order valence-corrected chi connectivity index (χ3v) is 7.15. The molecule has 31 heavy (non-hydrogen) atoms. The smallest absolute Gasteiger partial charge is 0.127 e. The Morgan fingerprint density at radius 2 is 1.94 bits per heavy atom. The number of ether oxygens (including phenoxy) is 1. The molecule has 5 rings (SSSR count). The highest BCUT2D eigenvalue weighted by atomic mass is 32.1. The number of hydrogen-bond acceptors (Lipinski definition) is 6. The average molecular weight is 435 g/mol. The number of likely N-dealkylation sites (tertiary alicyclic amines) is 1. The quantitative estimate of drug-likeness (QED) is 0.467. The Balaban J connectivity index is 1.17. The molecular formula is C25H26N2O3S. The molecule has 6 heteroatoms. The van der Waals surface area contributed by atoms with Crippen molar-refractivity contribution in [2.24, 2.45) is 0 Å². The van der Waals surface area contributed by atoms with Crippen LogP contribution in [0.3, 0.4) is 0 Å². The van der Waals surface area contributed by atoms with Gasteiger partial charge in [0.2, 0.25) is 0 Å². The van der Waals surface area contributed by atoms with Crippen molar-refractivity contribution in [3.8, 4) is 5.75 Å². The molecule has 1 atom stereocenters. The molecular weight excluding hydrogens is 408 g/mol. The maximum absolute atomic E-state index is 11.2. The lowest BCUT2D eigenvalue weighted by Gasteiger charge is -2.40. The molecule has 0 amide bonds.